The first-order valence-corrected chi connectivity index (χ1v) is 6.99. The lowest BCUT2D eigenvalue weighted by molar-refractivity contribution is -0.142. The Labute approximate surface area is 113 Å². The van der Waals surface area contributed by atoms with Crippen LogP contribution in [0.25, 0.3) is 0 Å². The maximum atomic E-state index is 11.4. The van der Waals surface area contributed by atoms with Gasteiger partial charge in [0.1, 0.15) is 0 Å². The highest BCUT2D eigenvalue weighted by atomic mass is 79.9. The van der Waals surface area contributed by atoms with Gasteiger partial charge in [-0.05, 0) is 42.7 Å². The second kappa shape index (κ2) is 6.40. The summed E-state index contributed by atoms with van der Waals surface area (Å²) >= 11 is 6.88. The van der Waals surface area contributed by atoms with Crippen molar-refractivity contribution in [2.24, 2.45) is 0 Å². The van der Waals surface area contributed by atoms with Crippen molar-refractivity contribution in [1.82, 2.24) is 0 Å². The molecule has 16 heavy (non-hydrogen) atoms. The molecule has 0 aliphatic carbocycles. The molecule has 0 bridgehead atoms. The summed E-state index contributed by atoms with van der Waals surface area (Å²) in [6, 6.07) is 4.02. The second-order valence-corrected chi connectivity index (χ2v) is 4.94. The zero-order valence-electron chi connectivity index (χ0n) is 9.35. The molecule has 1 rings (SSSR count). The Hall–Kier alpha value is -0.350. The quantitative estimate of drug-likeness (QED) is 0.611. The van der Waals surface area contributed by atoms with Crippen LogP contribution in [-0.2, 0) is 21.3 Å². The average molecular weight is 350 g/mol. The van der Waals surface area contributed by atoms with Crippen LogP contribution in [0.3, 0.4) is 0 Å². The average Bonchev–Trinajstić information content (AvgIpc) is 2.23. The smallest absolute Gasteiger partial charge is 0.310 e. The third-order valence-corrected chi connectivity index (χ3v) is 3.43. The zero-order chi connectivity index (χ0) is 12.1. The number of alkyl halides is 1. The third kappa shape index (κ3) is 3.59. The van der Waals surface area contributed by atoms with Crippen LogP contribution >= 0.6 is 31.9 Å². The van der Waals surface area contributed by atoms with Crippen molar-refractivity contribution in [2.75, 3.05) is 6.61 Å². The van der Waals surface area contributed by atoms with Gasteiger partial charge >= 0.3 is 5.97 Å². The fraction of sp³-hybridized carbons (Fsp3) is 0.417. The number of benzene rings is 1. The van der Waals surface area contributed by atoms with E-state index in [4.69, 9.17) is 4.74 Å². The molecular formula is C12H14Br2O2. The molecule has 0 aliphatic heterocycles. The molecule has 1 aromatic carbocycles. The summed E-state index contributed by atoms with van der Waals surface area (Å²) in [5.41, 5.74) is 3.35. The Kier molecular flexibility index (Phi) is 5.49. The molecule has 0 saturated heterocycles. The minimum Gasteiger partial charge on any atom is -0.466 e. The normalized spacial score (nSPS) is 10.2. The molecule has 1 aromatic rings. The van der Waals surface area contributed by atoms with Gasteiger partial charge in [0.2, 0.25) is 0 Å². The highest BCUT2D eigenvalue weighted by Crippen LogP contribution is 2.23. The molecule has 88 valence electrons. The van der Waals surface area contributed by atoms with E-state index in [9.17, 15) is 4.79 Å². The number of ether oxygens (including phenoxy) is 1. The van der Waals surface area contributed by atoms with Gasteiger partial charge in [-0.1, -0.05) is 31.9 Å². The molecule has 0 atom stereocenters. The maximum absolute atomic E-state index is 11.4. The van der Waals surface area contributed by atoms with E-state index in [1.54, 1.807) is 0 Å². The SMILES string of the molecule is CCOC(=O)Cc1cc(Br)cc(CBr)c1C. The lowest BCUT2D eigenvalue weighted by Crippen LogP contribution is -2.09. The minimum atomic E-state index is -0.177. The van der Waals surface area contributed by atoms with Crippen LogP contribution in [0.5, 0.6) is 0 Å². The van der Waals surface area contributed by atoms with E-state index in [-0.39, 0.29) is 5.97 Å². The number of rotatable bonds is 4. The highest BCUT2D eigenvalue weighted by Gasteiger charge is 2.10. The van der Waals surface area contributed by atoms with Gasteiger partial charge in [-0.25, -0.2) is 0 Å². The Bertz CT molecular complexity index is 389. The van der Waals surface area contributed by atoms with Crippen molar-refractivity contribution in [2.45, 2.75) is 25.6 Å². The lowest BCUT2D eigenvalue weighted by atomic mass is 10.0. The summed E-state index contributed by atoms with van der Waals surface area (Å²) in [6.45, 7) is 4.27. The summed E-state index contributed by atoms with van der Waals surface area (Å²) < 4.78 is 5.94. The first kappa shape index (κ1) is 13.7. The molecular weight excluding hydrogens is 336 g/mol. The largest absolute Gasteiger partial charge is 0.466 e. The van der Waals surface area contributed by atoms with Gasteiger partial charge in [-0.2, -0.15) is 0 Å². The molecule has 0 fully saturated rings. The van der Waals surface area contributed by atoms with Gasteiger partial charge in [0, 0.05) is 9.80 Å². The molecule has 2 nitrogen and oxygen atoms in total. The predicted octanol–water partition coefficient (Wildman–Crippen LogP) is 3.76. The van der Waals surface area contributed by atoms with Gasteiger partial charge in [0.25, 0.3) is 0 Å². The molecule has 0 radical (unpaired) electrons. The van der Waals surface area contributed by atoms with E-state index in [2.05, 4.69) is 37.9 Å². The van der Waals surface area contributed by atoms with Gasteiger partial charge in [0.15, 0.2) is 0 Å². The molecule has 0 spiro atoms. The standard InChI is InChI=1S/C12H14Br2O2/c1-3-16-12(15)6-9-4-11(14)5-10(7-13)8(9)2/h4-5H,3,6-7H2,1-2H3. The molecule has 0 saturated carbocycles. The number of carbonyl (C=O) groups excluding carboxylic acids is 1. The number of hydrogen-bond acceptors (Lipinski definition) is 2. The van der Waals surface area contributed by atoms with E-state index in [0.717, 1.165) is 20.9 Å². The summed E-state index contributed by atoms with van der Waals surface area (Å²) in [5, 5.41) is 0.786. The summed E-state index contributed by atoms with van der Waals surface area (Å²) in [5.74, 6) is -0.177. The van der Waals surface area contributed by atoms with E-state index in [1.165, 1.54) is 5.56 Å². The van der Waals surface area contributed by atoms with Crippen LogP contribution in [0.4, 0.5) is 0 Å². The lowest BCUT2D eigenvalue weighted by Gasteiger charge is -2.10. The molecule has 0 aliphatic rings. The predicted molar refractivity (Wildman–Crippen MR) is 71.8 cm³/mol. The van der Waals surface area contributed by atoms with Crippen molar-refractivity contribution in [1.29, 1.82) is 0 Å². The van der Waals surface area contributed by atoms with Gasteiger partial charge < -0.3 is 4.74 Å². The first-order valence-electron chi connectivity index (χ1n) is 5.08. The van der Waals surface area contributed by atoms with Crippen LogP contribution in [0, 0.1) is 6.92 Å². The van der Waals surface area contributed by atoms with Crippen LogP contribution in [-0.4, -0.2) is 12.6 Å². The van der Waals surface area contributed by atoms with Crippen LogP contribution < -0.4 is 0 Å². The van der Waals surface area contributed by atoms with Crippen molar-refractivity contribution in [3.05, 3.63) is 33.3 Å². The van der Waals surface area contributed by atoms with Crippen molar-refractivity contribution in [3.8, 4) is 0 Å². The second-order valence-electron chi connectivity index (χ2n) is 3.46. The van der Waals surface area contributed by atoms with Crippen molar-refractivity contribution < 1.29 is 9.53 Å². The highest BCUT2D eigenvalue weighted by molar-refractivity contribution is 9.10. The number of esters is 1. The number of carbonyl (C=O) groups is 1. The Morgan fingerprint density at radius 2 is 2.00 bits per heavy atom. The van der Waals surface area contributed by atoms with Crippen molar-refractivity contribution >= 4 is 37.8 Å². The maximum Gasteiger partial charge on any atom is 0.310 e. The van der Waals surface area contributed by atoms with Crippen LogP contribution in [0.15, 0.2) is 16.6 Å². The van der Waals surface area contributed by atoms with E-state index in [1.807, 2.05) is 19.9 Å². The van der Waals surface area contributed by atoms with Crippen LogP contribution in [0.2, 0.25) is 0 Å². The molecule has 0 unspecified atom stereocenters. The number of halogens is 2. The van der Waals surface area contributed by atoms with Gasteiger partial charge in [-0.15, -0.1) is 0 Å². The van der Waals surface area contributed by atoms with E-state index in [0.29, 0.717) is 13.0 Å². The molecule has 0 aromatic heterocycles. The summed E-state index contributed by atoms with van der Waals surface area (Å²) in [6.07, 6.45) is 0.332. The molecule has 0 amide bonds. The fourth-order valence-electron chi connectivity index (χ4n) is 1.49. The fourth-order valence-corrected chi connectivity index (χ4v) is 2.62. The Morgan fingerprint density at radius 3 is 2.56 bits per heavy atom. The summed E-state index contributed by atoms with van der Waals surface area (Å²) in [4.78, 5) is 11.4. The molecule has 4 heteroatoms. The monoisotopic (exact) mass is 348 g/mol. The molecule has 0 heterocycles. The first-order chi connectivity index (χ1) is 7.58. The molecule has 0 N–H and O–H groups in total. The topological polar surface area (TPSA) is 26.3 Å². The summed E-state index contributed by atoms with van der Waals surface area (Å²) in [7, 11) is 0. The third-order valence-electron chi connectivity index (χ3n) is 2.37. The Balaban J connectivity index is 2.95. The Morgan fingerprint density at radius 1 is 1.38 bits per heavy atom. The van der Waals surface area contributed by atoms with Crippen LogP contribution in [0.1, 0.15) is 23.6 Å². The van der Waals surface area contributed by atoms with Gasteiger partial charge in [-0.3, -0.25) is 4.79 Å². The van der Waals surface area contributed by atoms with Gasteiger partial charge in [0.05, 0.1) is 13.0 Å². The van der Waals surface area contributed by atoms with E-state index >= 15 is 0 Å². The van der Waals surface area contributed by atoms with Crippen molar-refractivity contribution in [3.63, 3.8) is 0 Å². The number of hydrogen-bond donors (Lipinski definition) is 0. The zero-order valence-corrected chi connectivity index (χ0v) is 12.5. The minimum absolute atomic E-state index is 0.177. The van der Waals surface area contributed by atoms with E-state index < -0.39 is 0 Å².